The molecule has 0 aliphatic carbocycles. The summed E-state index contributed by atoms with van der Waals surface area (Å²) in [5.41, 5.74) is 1.70. The van der Waals surface area contributed by atoms with Crippen molar-refractivity contribution in [2.24, 2.45) is 10.1 Å². The maximum Gasteiger partial charge on any atom is 0.128 e. The first-order valence-corrected chi connectivity index (χ1v) is 6.86. The van der Waals surface area contributed by atoms with Crippen LogP contribution >= 0.6 is 11.6 Å². The molecule has 0 radical (unpaired) electrons. The standard InChI is InChI=1S/C16H15ClN2O2/c1-2-21-13-9-7-12(8-10-13)16(19-20)11-18-15-6-4-3-5-14(15)17/h3-11,20H,2H2,1H3/b18-11?,19-16+. The topological polar surface area (TPSA) is 54.2 Å². The third kappa shape index (κ3) is 4.07. The Kier molecular flexibility index (Phi) is 5.35. The van der Waals surface area contributed by atoms with Crippen molar-refractivity contribution in [1.82, 2.24) is 0 Å². The first kappa shape index (κ1) is 15.1. The average molecular weight is 303 g/mol. The van der Waals surface area contributed by atoms with Gasteiger partial charge in [-0.15, -0.1) is 0 Å². The van der Waals surface area contributed by atoms with E-state index >= 15 is 0 Å². The number of nitrogens with zero attached hydrogens (tertiary/aromatic N) is 2. The van der Waals surface area contributed by atoms with Gasteiger partial charge in [-0.25, -0.2) is 0 Å². The van der Waals surface area contributed by atoms with Crippen molar-refractivity contribution in [2.75, 3.05) is 6.61 Å². The van der Waals surface area contributed by atoms with Crippen molar-refractivity contribution >= 4 is 29.2 Å². The number of hydrogen-bond acceptors (Lipinski definition) is 4. The van der Waals surface area contributed by atoms with E-state index in [-0.39, 0.29) is 0 Å². The summed E-state index contributed by atoms with van der Waals surface area (Å²) in [6.45, 7) is 2.53. The Bertz CT molecular complexity index is 652. The monoisotopic (exact) mass is 302 g/mol. The van der Waals surface area contributed by atoms with Crippen LogP contribution in [0.2, 0.25) is 5.02 Å². The van der Waals surface area contributed by atoms with Crippen molar-refractivity contribution < 1.29 is 9.94 Å². The molecule has 0 aromatic heterocycles. The second-order valence-corrected chi connectivity index (χ2v) is 4.56. The zero-order valence-corrected chi connectivity index (χ0v) is 12.3. The maximum atomic E-state index is 9.13. The number of oxime groups is 1. The second kappa shape index (κ2) is 7.45. The zero-order chi connectivity index (χ0) is 15.1. The summed E-state index contributed by atoms with van der Waals surface area (Å²) in [4.78, 5) is 4.23. The third-order valence-corrected chi connectivity index (χ3v) is 3.07. The Morgan fingerprint density at radius 2 is 1.90 bits per heavy atom. The van der Waals surface area contributed by atoms with Gasteiger partial charge in [0.2, 0.25) is 0 Å². The molecule has 4 nitrogen and oxygen atoms in total. The molecular formula is C16H15ClN2O2. The second-order valence-electron chi connectivity index (χ2n) is 4.15. The van der Waals surface area contributed by atoms with Crippen LogP contribution in [0.1, 0.15) is 12.5 Å². The van der Waals surface area contributed by atoms with E-state index in [1.165, 1.54) is 6.21 Å². The molecule has 2 rings (SSSR count). The SMILES string of the molecule is CCOc1ccc(/C(C=Nc2ccccc2Cl)=N/O)cc1. The molecule has 5 heteroatoms. The molecule has 0 atom stereocenters. The van der Waals surface area contributed by atoms with Gasteiger partial charge in [0, 0.05) is 5.56 Å². The molecule has 0 amide bonds. The summed E-state index contributed by atoms with van der Waals surface area (Å²) < 4.78 is 5.37. The highest BCUT2D eigenvalue weighted by molar-refractivity contribution is 6.39. The molecule has 0 heterocycles. The lowest BCUT2D eigenvalue weighted by atomic mass is 10.1. The zero-order valence-electron chi connectivity index (χ0n) is 11.5. The lowest BCUT2D eigenvalue weighted by Gasteiger charge is -2.04. The summed E-state index contributed by atoms with van der Waals surface area (Å²) in [5.74, 6) is 0.765. The summed E-state index contributed by atoms with van der Waals surface area (Å²) in [5, 5.41) is 12.9. The van der Waals surface area contributed by atoms with Crippen LogP contribution in [-0.4, -0.2) is 23.7 Å². The quantitative estimate of drug-likeness (QED) is 0.508. The van der Waals surface area contributed by atoms with Gasteiger partial charge in [-0.2, -0.15) is 0 Å². The molecule has 21 heavy (non-hydrogen) atoms. The number of benzene rings is 2. The van der Waals surface area contributed by atoms with Gasteiger partial charge in [0.25, 0.3) is 0 Å². The molecule has 1 N–H and O–H groups in total. The Balaban J connectivity index is 2.19. The van der Waals surface area contributed by atoms with E-state index in [4.69, 9.17) is 21.5 Å². The largest absolute Gasteiger partial charge is 0.494 e. The van der Waals surface area contributed by atoms with Crippen molar-refractivity contribution in [2.45, 2.75) is 6.92 Å². The Morgan fingerprint density at radius 3 is 2.52 bits per heavy atom. The van der Waals surface area contributed by atoms with Crippen molar-refractivity contribution in [3.63, 3.8) is 0 Å². The lowest BCUT2D eigenvalue weighted by molar-refractivity contribution is 0.320. The first-order chi connectivity index (χ1) is 10.2. The number of ether oxygens (including phenoxy) is 1. The molecule has 108 valence electrons. The van der Waals surface area contributed by atoms with E-state index in [1.807, 2.05) is 31.2 Å². The highest BCUT2D eigenvalue weighted by atomic mass is 35.5. The average Bonchev–Trinajstić information content (AvgIpc) is 2.51. The molecule has 0 fully saturated rings. The van der Waals surface area contributed by atoms with E-state index in [9.17, 15) is 0 Å². The van der Waals surface area contributed by atoms with Gasteiger partial charge in [0.15, 0.2) is 0 Å². The molecule has 0 aliphatic rings. The first-order valence-electron chi connectivity index (χ1n) is 6.48. The molecule has 0 spiro atoms. The minimum Gasteiger partial charge on any atom is -0.494 e. The number of aliphatic imine (C=N–C) groups is 1. The summed E-state index contributed by atoms with van der Waals surface area (Å²) >= 11 is 6.02. The molecule has 0 saturated carbocycles. The fraction of sp³-hybridized carbons (Fsp3) is 0.125. The Morgan fingerprint density at radius 1 is 1.19 bits per heavy atom. The molecular weight excluding hydrogens is 288 g/mol. The molecule has 0 saturated heterocycles. The minimum absolute atomic E-state index is 0.345. The van der Waals surface area contributed by atoms with Gasteiger partial charge in [-0.05, 0) is 43.3 Å². The molecule has 0 bridgehead atoms. The molecule has 0 unspecified atom stereocenters. The molecule has 2 aromatic rings. The van der Waals surface area contributed by atoms with E-state index < -0.39 is 0 Å². The van der Waals surface area contributed by atoms with Gasteiger partial charge in [-0.3, -0.25) is 4.99 Å². The summed E-state index contributed by atoms with van der Waals surface area (Å²) in [7, 11) is 0. The number of halogens is 1. The van der Waals surface area contributed by atoms with E-state index in [1.54, 1.807) is 24.3 Å². The predicted molar refractivity (Wildman–Crippen MR) is 85.5 cm³/mol. The van der Waals surface area contributed by atoms with Crippen molar-refractivity contribution in [3.05, 3.63) is 59.1 Å². The van der Waals surface area contributed by atoms with Gasteiger partial charge in [0.1, 0.15) is 11.5 Å². The van der Waals surface area contributed by atoms with Gasteiger partial charge >= 0.3 is 0 Å². The summed E-state index contributed by atoms with van der Waals surface area (Å²) in [6.07, 6.45) is 1.47. The Labute approximate surface area is 128 Å². The van der Waals surface area contributed by atoms with E-state index in [0.717, 1.165) is 11.3 Å². The van der Waals surface area contributed by atoms with Crippen LogP contribution in [0.25, 0.3) is 0 Å². The molecule has 2 aromatic carbocycles. The van der Waals surface area contributed by atoms with Crippen LogP contribution < -0.4 is 4.74 Å². The third-order valence-electron chi connectivity index (χ3n) is 2.75. The van der Waals surface area contributed by atoms with Crippen LogP contribution in [0.4, 0.5) is 5.69 Å². The maximum absolute atomic E-state index is 9.13. The van der Waals surface area contributed by atoms with Gasteiger partial charge in [-0.1, -0.05) is 28.9 Å². The van der Waals surface area contributed by atoms with Crippen LogP contribution in [0.15, 0.2) is 58.7 Å². The van der Waals surface area contributed by atoms with Crippen molar-refractivity contribution in [1.29, 1.82) is 0 Å². The lowest BCUT2D eigenvalue weighted by Crippen LogP contribution is -2.02. The van der Waals surface area contributed by atoms with Crippen LogP contribution in [0, 0.1) is 0 Å². The number of rotatable bonds is 5. The van der Waals surface area contributed by atoms with Crippen molar-refractivity contribution in [3.8, 4) is 5.75 Å². The number of para-hydroxylation sites is 1. The highest BCUT2D eigenvalue weighted by Crippen LogP contribution is 2.23. The van der Waals surface area contributed by atoms with E-state index in [2.05, 4.69) is 10.1 Å². The predicted octanol–water partition coefficient (Wildman–Crippen LogP) is 4.32. The van der Waals surface area contributed by atoms with Crippen LogP contribution in [0.3, 0.4) is 0 Å². The Hall–Kier alpha value is -2.33. The normalized spacial score (nSPS) is 11.8. The summed E-state index contributed by atoms with van der Waals surface area (Å²) in [6, 6.07) is 14.4. The van der Waals surface area contributed by atoms with Crippen LogP contribution in [0.5, 0.6) is 5.75 Å². The fourth-order valence-corrected chi connectivity index (χ4v) is 1.92. The van der Waals surface area contributed by atoms with Gasteiger partial charge in [0.05, 0.1) is 23.5 Å². The van der Waals surface area contributed by atoms with Crippen LogP contribution in [-0.2, 0) is 0 Å². The minimum atomic E-state index is 0.345. The van der Waals surface area contributed by atoms with Gasteiger partial charge < -0.3 is 9.94 Å². The highest BCUT2D eigenvalue weighted by Gasteiger charge is 2.03. The van der Waals surface area contributed by atoms with E-state index in [0.29, 0.717) is 23.0 Å². The fourth-order valence-electron chi connectivity index (χ4n) is 1.73. The smallest absolute Gasteiger partial charge is 0.128 e. The molecule has 0 aliphatic heterocycles. The number of hydrogen-bond donors (Lipinski definition) is 1.